The Kier molecular flexibility index (Phi) is 5.27. The molecule has 0 aromatic carbocycles. The van der Waals surface area contributed by atoms with Gasteiger partial charge in [-0.2, -0.15) is 0 Å². The number of rotatable bonds is 6. The third kappa shape index (κ3) is 4.17. The van der Waals surface area contributed by atoms with Crippen LogP contribution in [0.1, 0.15) is 16.6 Å². The molecule has 2 rings (SSSR count). The van der Waals surface area contributed by atoms with Crippen molar-refractivity contribution < 1.29 is 4.79 Å². The highest BCUT2D eigenvalue weighted by Crippen LogP contribution is 2.27. The third-order valence-electron chi connectivity index (χ3n) is 2.76. The number of nitrogens with one attached hydrogen (secondary N) is 1. The summed E-state index contributed by atoms with van der Waals surface area (Å²) in [7, 11) is 0. The number of Topliss-reactive ketones (excluding diaryl/α,β-unsaturated/α-hetero) is 1. The molecule has 0 amide bonds. The van der Waals surface area contributed by atoms with Crippen LogP contribution in [0.5, 0.6) is 0 Å². The molecule has 0 saturated heterocycles. The molecule has 0 radical (unpaired) electrons. The number of hydrogen-bond donors (Lipinski definition) is 2. The standard InChI is InChI=1S/C17H17N3OS/c1-12(6-3-4-11-18)19-17-8-5-7-14(20-17)16-10-9-15(22-16)13(2)21/h3-11H,1,18H2,2H3,(H,19,20)/b6-3-,11-4-. The van der Waals surface area contributed by atoms with E-state index in [0.29, 0.717) is 11.5 Å². The summed E-state index contributed by atoms with van der Waals surface area (Å²) in [4.78, 5) is 17.6. The van der Waals surface area contributed by atoms with Gasteiger partial charge in [-0.3, -0.25) is 4.79 Å². The van der Waals surface area contributed by atoms with Crippen molar-refractivity contribution in [2.75, 3.05) is 5.32 Å². The summed E-state index contributed by atoms with van der Waals surface area (Å²) in [6, 6.07) is 9.42. The van der Waals surface area contributed by atoms with Crippen LogP contribution in [0.4, 0.5) is 5.82 Å². The molecule has 5 heteroatoms. The van der Waals surface area contributed by atoms with E-state index in [4.69, 9.17) is 5.73 Å². The number of allylic oxidation sites excluding steroid dienone is 3. The van der Waals surface area contributed by atoms with E-state index in [9.17, 15) is 4.79 Å². The molecule has 2 aromatic rings. The van der Waals surface area contributed by atoms with Gasteiger partial charge >= 0.3 is 0 Å². The smallest absolute Gasteiger partial charge is 0.169 e. The molecular formula is C17H17N3OS. The van der Waals surface area contributed by atoms with Gasteiger partial charge in [0.15, 0.2) is 5.78 Å². The highest BCUT2D eigenvalue weighted by molar-refractivity contribution is 7.17. The molecule has 3 N–H and O–H groups in total. The predicted molar refractivity (Wildman–Crippen MR) is 92.8 cm³/mol. The molecule has 0 saturated carbocycles. The first-order valence-electron chi connectivity index (χ1n) is 6.69. The van der Waals surface area contributed by atoms with Crippen molar-refractivity contribution in [3.8, 4) is 10.6 Å². The first-order valence-corrected chi connectivity index (χ1v) is 7.51. The molecule has 0 unspecified atom stereocenters. The van der Waals surface area contributed by atoms with Crippen molar-refractivity contribution in [2.45, 2.75) is 6.92 Å². The lowest BCUT2D eigenvalue weighted by atomic mass is 10.3. The van der Waals surface area contributed by atoms with Crippen LogP contribution in [0.3, 0.4) is 0 Å². The van der Waals surface area contributed by atoms with Crippen molar-refractivity contribution >= 4 is 22.9 Å². The van der Waals surface area contributed by atoms with Gasteiger partial charge < -0.3 is 11.1 Å². The van der Waals surface area contributed by atoms with Crippen molar-refractivity contribution in [3.05, 3.63) is 71.9 Å². The second-order valence-corrected chi connectivity index (χ2v) is 5.61. The molecule has 112 valence electrons. The quantitative estimate of drug-likeness (QED) is 0.626. The Hall–Kier alpha value is -2.66. The van der Waals surface area contributed by atoms with E-state index in [0.717, 1.165) is 15.4 Å². The number of nitrogens with zero attached hydrogens (tertiary/aromatic N) is 1. The Morgan fingerprint density at radius 1 is 1.32 bits per heavy atom. The average molecular weight is 311 g/mol. The van der Waals surface area contributed by atoms with Gasteiger partial charge in [-0.1, -0.05) is 18.7 Å². The zero-order chi connectivity index (χ0) is 15.9. The van der Waals surface area contributed by atoms with E-state index in [2.05, 4.69) is 16.9 Å². The number of pyridine rings is 1. The Balaban J connectivity index is 2.15. The van der Waals surface area contributed by atoms with E-state index in [1.807, 2.05) is 30.3 Å². The third-order valence-corrected chi connectivity index (χ3v) is 3.97. The van der Waals surface area contributed by atoms with Crippen LogP contribution in [-0.2, 0) is 0 Å². The normalized spacial score (nSPS) is 11.1. The minimum atomic E-state index is 0.0667. The Morgan fingerprint density at radius 3 is 2.82 bits per heavy atom. The molecule has 0 spiro atoms. The van der Waals surface area contributed by atoms with Gasteiger partial charge in [-0.05, 0) is 49.5 Å². The molecule has 0 atom stereocenters. The van der Waals surface area contributed by atoms with E-state index < -0.39 is 0 Å². The number of aromatic nitrogens is 1. The van der Waals surface area contributed by atoms with Crippen molar-refractivity contribution in [3.63, 3.8) is 0 Å². The van der Waals surface area contributed by atoms with Crippen molar-refractivity contribution in [2.24, 2.45) is 5.73 Å². The lowest BCUT2D eigenvalue weighted by molar-refractivity contribution is 0.102. The molecule has 0 aliphatic rings. The monoisotopic (exact) mass is 311 g/mol. The highest BCUT2D eigenvalue weighted by Gasteiger charge is 2.07. The van der Waals surface area contributed by atoms with E-state index in [-0.39, 0.29) is 5.78 Å². The molecule has 22 heavy (non-hydrogen) atoms. The molecular weight excluding hydrogens is 294 g/mol. The van der Waals surface area contributed by atoms with Gasteiger partial charge in [0, 0.05) is 5.70 Å². The van der Waals surface area contributed by atoms with Crippen LogP contribution in [0, 0.1) is 0 Å². The van der Waals surface area contributed by atoms with Gasteiger partial charge in [-0.25, -0.2) is 4.98 Å². The number of carbonyl (C=O) groups excluding carboxylic acids is 1. The molecule has 2 heterocycles. The molecule has 0 fully saturated rings. The van der Waals surface area contributed by atoms with Crippen LogP contribution < -0.4 is 11.1 Å². The Bertz CT molecular complexity index is 744. The van der Waals surface area contributed by atoms with Gasteiger partial charge in [0.05, 0.1) is 15.4 Å². The largest absolute Gasteiger partial charge is 0.405 e. The molecule has 0 bridgehead atoms. The predicted octanol–water partition coefficient (Wildman–Crippen LogP) is 3.97. The number of ketones is 1. The summed E-state index contributed by atoms with van der Waals surface area (Å²) in [5.74, 6) is 0.763. The molecule has 4 nitrogen and oxygen atoms in total. The lowest BCUT2D eigenvalue weighted by Gasteiger charge is -2.06. The average Bonchev–Trinajstić information content (AvgIpc) is 2.98. The van der Waals surface area contributed by atoms with Crippen LogP contribution in [0.2, 0.25) is 0 Å². The lowest BCUT2D eigenvalue weighted by Crippen LogP contribution is -1.98. The second kappa shape index (κ2) is 7.38. The van der Waals surface area contributed by atoms with E-state index in [1.54, 1.807) is 25.2 Å². The van der Waals surface area contributed by atoms with Gasteiger partial charge in [-0.15, -0.1) is 11.3 Å². The van der Waals surface area contributed by atoms with Gasteiger partial charge in [0.25, 0.3) is 0 Å². The van der Waals surface area contributed by atoms with Crippen LogP contribution >= 0.6 is 11.3 Å². The maximum absolute atomic E-state index is 11.4. The summed E-state index contributed by atoms with van der Waals surface area (Å²) >= 11 is 1.44. The minimum absolute atomic E-state index is 0.0667. The highest BCUT2D eigenvalue weighted by atomic mass is 32.1. The maximum Gasteiger partial charge on any atom is 0.169 e. The summed E-state index contributed by atoms with van der Waals surface area (Å²) in [5.41, 5.74) is 6.79. The second-order valence-electron chi connectivity index (χ2n) is 4.52. The fraction of sp³-hybridized carbons (Fsp3) is 0.0588. The van der Waals surface area contributed by atoms with Crippen LogP contribution in [0.25, 0.3) is 10.6 Å². The van der Waals surface area contributed by atoms with Gasteiger partial charge in [0.2, 0.25) is 0 Å². The summed E-state index contributed by atoms with van der Waals surface area (Å²) in [5, 5.41) is 3.11. The van der Waals surface area contributed by atoms with Crippen LogP contribution in [0.15, 0.2) is 67.0 Å². The molecule has 2 aromatic heterocycles. The number of carbonyl (C=O) groups is 1. The minimum Gasteiger partial charge on any atom is -0.405 e. The first kappa shape index (κ1) is 15.7. The molecule has 0 aliphatic heterocycles. The summed E-state index contributed by atoms with van der Waals surface area (Å²) in [6.07, 6.45) is 6.76. The number of anilines is 1. The topological polar surface area (TPSA) is 68.0 Å². The maximum atomic E-state index is 11.4. The number of thiophene rings is 1. The van der Waals surface area contributed by atoms with Crippen molar-refractivity contribution in [1.82, 2.24) is 4.98 Å². The number of nitrogens with two attached hydrogens (primary N) is 1. The number of hydrogen-bond acceptors (Lipinski definition) is 5. The SMILES string of the molecule is C=C(/C=C\C=C/N)Nc1cccc(-c2ccc(C(C)=O)s2)n1. The van der Waals surface area contributed by atoms with Crippen LogP contribution in [-0.4, -0.2) is 10.8 Å². The Morgan fingerprint density at radius 2 is 2.14 bits per heavy atom. The van der Waals surface area contributed by atoms with E-state index >= 15 is 0 Å². The Labute approximate surface area is 133 Å². The summed E-state index contributed by atoms with van der Waals surface area (Å²) in [6.45, 7) is 5.46. The molecule has 0 aliphatic carbocycles. The first-order chi connectivity index (χ1) is 10.6. The fourth-order valence-corrected chi connectivity index (χ4v) is 2.62. The zero-order valence-electron chi connectivity index (χ0n) is 12.2. The van der Waals surface area contributed by atoms with Gasteiger partial charge in [0.1, 0.15) is 5.82 Å². The van der Waals surface area contributed by atoms with Crippen molar-refractivity contribution in [1.29, 1.82) is 0 Å². The van der Waals surface area contributed by atoms with E-state index in [1.165, 1.54) is 17.5 Å². The summed E-state index contributed by atoms with van der Waals surface area (Å²) < 4.78 is 0. The fourth-order valence-electron chi connectivity index (χ4n) is 1.75. The zero-order valence-corrected chi connectivity index (χ0v) is 13.1.